The van der Waals surface area contributed by atoms with E-state index in [9.17, 15) is 9.59 Å². The Kier molecular flexibility index (Phi) is 6.40. The Morgan fingerprint density at radius 3 is 2.74 bits per heavy atom. The van der Waals surface area contributed by atoms with Crippen molar-refractivity contribution in [1.82, 2.24) is 15.5 Å². The zero-order valence-corrected chi connectivity index (χ0v) is 13.8. The van der Waals surface area contributed by atoms with Gasteiger partial charge in [0.2, 0.25) is 0 Å². The molecule has 0 bridgehead atoms. The molecule has 0 aromatic heterocycles. The molecule has 6 nitrogen and oxygen atoms in total. The first-order valence-electron chi connectivity index (χ1n) is 8.07. The third-order valence-electron chi connectivity index (χ3n) is 4.24. The topological polar surface area (TPSA) is 70.7 Å². The number of carbonyl (C=O) groups is 2. The van der Waals surface area contributed by atoms with Crippen molar-refractivity contribution in [3.05, 3.63) is 29.8 Å². The van der Waals surface area contributed by atoms with Crippen LogP contribution in [0.5, 0.6) is 5.75 Å². The van der Waals surface area contributed by atoms with E-state index in [0.717, 1.165) is 31.5 Å². The van der Waals surface area contributed by atoms with Gasteiger partial charge in [-0.3, -0.25) is 14.5 Å². The van der Waals surface area contributed by atoms with Crippen molar-refractivity contribution in [2.75, 3.05) is 26.7 Å². The molecule has 1 heterocycles. The predicted molar refractivity (Wildman–Crippen MR) is 88.1 cm³/mol. The minimum absolute atomic E-state index is 0.265. The van der Waals surface area contributed by atoms with Gasteiger partial charge < -0.3 is 15.4 Å². The van der Waals surface area contributed by atoms with E-state index in [-0.39, 0.29) is 6.54 Å². The van der Waals surface area contributed by atoms with Gasteiger partial charge in [0.25, 0.3) is 0 Å². The highest BCUT2D eigenvalue weighted by molar-refractivity contribution is 6.35. The van der Waals surface area contributed by atoms with Crippen molar-refractivity contribution in [3.63, 3.8) is 0 Å². The van der Waals surface area contributed by atoms with Crippen LogP contribution in [0.4, 0.5) is 0 Å². The normalized spacial score (nSPS) is 17.7. The minimum atomic E-state index is -0.614. The van der Waals surface area contributed by atoms with E-state index in [1.54, 1.807) is 7.11 Å². The maximum absolute atomic E-state index is 11.9. The number of nitrogens with one attached hydrogen (secondary N) is 2. The van der Waals surface area contributed by atoms with Gasteiger partial charge in [0.15, 0.2) is 0 Å². The fourth-order valence-electron chi connectivity index (χ4n) is 2.94. The summed E-state index contributed by atoms with van der Waals surface area (Å²) in [6.45, 7) is 4.94. The van der Waals surface area contributed by atoms with Crippen molar-refractivity contribution >= 4 is 11.8 Å². The number of amides is 2. The third-order valence-corrected chi connectivity index (χ3v) is 4.24. The van der Waals surface area contributed by atoms with Crippen LogP contribution in [0.1, 0.15) is 25.3 Å². The van der Waals surface area contributed by atoms with Crippen molar-refractivity contribution in [1.29, 1.82) is 0 Å². The fraction of sp³-hybridized carbons (Fsp3) is 0.529. The molecule has 1 aromatic carbocycles. The Morgan fingerprint density at radius 2 is 2.00 bits per heavy atom. The SMILES string of the molecule is CCN1CCC[C@H]1CNC(=O)C(=O)NCc1ccccc1OC. The highest BCUT2D eigenvalue weighted by atomic mass is 16.5. The molecule has 0 unspecified atom stereocenters. The Morgan fingerprint density at radius 1 is 1.26 bits per heavy atom. The highest BCUT2D eigenvalue weighted by Crippen LogP contribution is 2.17. The molecule has 1 aliphatic heterocycles. The smallest absolute Gasteiger partial charge is 0.309 e. The number of carbonyl (C=O) groups excluding carboxylic acids is 2. The highest BCUT2D eigenvalue weighted by Gasteiger charge is 2.24. The van der Waals surface area contributed by atoms with Gasteiger partial charge in [0.1, 0.15) is 5.75 Å². The Labute approximate surface area is 137 Å². The van der Waals surface area contributed by atoms with Crippen molar-refractivity contribution in [3.8, 4) is 5.75 Å². The zero-order valence-electron chi connectivity index (χ0n) is 13.8. The van der Waals surface area contributed by atoms with Crippen LogP contribution in [-0.4, -0.2) is 49.5 Å². The molecule has 6 heteroatoms. The van der Waals surface area contributed by atoms with Crippen LogP contribution < -0.4 is 15.4 Å². The monoisotopic (exact) mass is 319 g/mol. The van der Waals surface area contributed by atoms with Gasteiger partial charge in [0, 0.05) is 24.7 Å². The molecule has 1 aliphatic rings. The maximum atomic E-state index is 11.9. The number of benzene rings is 1. The number of likely N-dealkylation sites (tertiary alicyclic amines) is 1. The molecule has 126 valence electrons. The summed E-state index contributed by atoms with van der Waals surface area (Å²) in [7, 11) is 1.58. The Bertz CT molecular complexity index is 548. The van der Waals surface area contributed by atoms with E-state index in [1.807, 2.05) is 24.3 Å². The summed E-state index contributed by atoms with van der Waals surface area (Å²) in [5, 5.41) is 5.36. The van der Waals surface area contributed by atoms with Gasteiger partial charge in [-0.2, -0.15) is 0 Å². The lowest BCUT2D eigenvalue weighted by atomic mass is 10.2. The third kappa shape index (κ3) is 4.69. The molecule has 2 N–H and O–H groups in total. The zero-order chi connectivity index (χ0) is 16.7. The van der Waals surface area contributed by atoms with Crippen LogP contribution in [0.15, 0.2) is 24.3 Å². The minimum Gasteiger partial charge on any atom is -0.496 e. The van der Waals surface area contributed by atoms with Gasteiger partial charge in [-0.1, -0.05) is 25.1 Å². The molecule has 2 amide bonds. The summed E-state index contributed by atoms with van der Waals surface area (Å²) in [5.74, 6) is -0.502. The standard InChI is InChI=1S/C17H25N3O3/c1-3-20-10-6-8-14(20)12-19-17(22)16(21)18-11-13-7-4-5-9-15(13)23-2/h4-5,7,9,14H,3,6,8,10-12H2,1-2H3,(H,18,21)(H,19,22)/t14-/m0/s1. The number of likely N-dealkylation sites (N-methyl/N-ethyl adjacent to an activating group) is 1. The molecule has 23 heavy (non-hydrogen) atoms. The average Bonchev–Trinajstić information content (AvgIpc) is 3.05. The first-order chi connectivity index (χ1) is 11.2. The number of nitrogens with zero attached hydrogens (tertiary/aromatic N) is 1. The Balaban J connectivity index is 1.78. The van der Waals surface area contributed by atoms with E-state index in [0.29, 0.717) is 18.3 Å². The predicted octanol–water partition coefficient (Wildman–Crippen LogP) is 0.912. The maximum Gasteiger partial charge on any atom is 0.309 e. The molecular formula is C17H25N3O3. The fourth-order valence-corrected chi connectivity index (χ4v) is 2.94. The molecule has 0 spiro atoms. The van der Waals surface area contributed by atoms with E-state index in [2.05, 4.69) is 22.5 Å². The summed E-state index contributed by atoms with van der Waals surface area (Å²) in [5.41, 5.74) is 0.837. The van der Waals surface area contributed by atoms with Crippen LogP contribution in [0, 0.1) is 0 Å². The van der Waals surface area contributed by atoms with Gasteiger partial charge in [0.05, 0.1) is 7.11 Å². The van der Waals surface area contributed by atoms with Crippen molar-refractivity contribution in [2.24, 2.45) is 0 Å². The van der Waals surface area contributed by atoms with E-state index in [1.165, 1.54) is 0 Å². The average molecular weight is 319 g/mol. The second-order valence-electron chi connectivity index (χ2n) is 5.63. The van der Waals surface area contributed by atoms with Gasteiger partial charge in [-0.05, 0) is 32.0 Å². The molecule has 0 saturated carbocycles. The van der Waals surface area contributed by atoms with E-state index < -0.39 is 11.8 Å². The van der Waals surface area contributed by atoms with E-state index in [4.69, 9.17) is 4.74 Å². The summed E-state index contributed by atoms with van der Waals surface area (Å²) < 4.78 is 5.22. The van der Waals surface area contributed by atoms with Crippen LogP contribution in [0.3, 0.4) is 0 Å². The summed E-state index contributed by atoms with van der Waals surface area (Å²) in [4.78, 5) is 26.1. The number of para-hydroxylation sites is 1. The summed E-state index contributed by atoms with van der Waals surface area (Å²) in [6.07, 6.45) is 2.21. The largest absolute Gasteiger partial charge is 0.496 e. The molecule has 1 aromatic rings. The lowest BCUT2D eigenvalue weighted by Gasteiger charge is -2.22. The number of methoxy groups -OCH3 is 1. The van der Waals surface area contributed by atoms with E-state index >= 15 is 0 Å². The van der Waals surface area contributed by atoms with Crippen molar-refractivity contribution in [2.45, 2.75) is 32.4 Å². The molecule has 2 rings (SSSR count). The van der Waals surface area contributed by atoms with Crippen LogP contribution in [0.2, 0.25) is 0 Å². The molecule has 1 fully saturated rings. The summed E-state index contributed by atoms with van der Waals surface area (Å²) in [6, 6.07) is 7.74. The molecule has 1 saturated heterocycles. The van der Waals surface area contributed by atoms with Gasteiger partial charge in [-0.15, -0.1) is 0 Å². The quantitative estimate of drug-likeness (QED) is 0.765. The van der Waals surface area contributed by atoms with Crippen LogP contribution in [0.25, 0.3) is 0 Å². The molecule has 1 atom stereocenters. The lowest BCUT2D eigenvalue weighted by Crippen LogP contribution is -2.45. The summed E-state index contributed by atoms with van der Waals surface area (Å²) >= 11 is 0. The first kappa shape index (κ1) is 17.3. The second-order valence-corrected chi connectivity index (χ2v) is 5.63. The molecule has 0 radical (unpaired) electrons. The number of hydrogen-bond acceptors (Lipinski definition) is 4. The molecular weight excluding hydrogens is 294 g/mol. The van der Waals surface area contributed by atoms with Gasteiger partial charge in [-0.25, -0.2) is 0 Å². The number of hydrogen-bond donors (Lipinski definition) is 2. The van der Waals surface area contributed by atoms with Crippen molar-refractivity contribution < 1.29 is 14.3 Å². The number of rotatable bonds is 6. The lowest BCUT2D eigenvalue weighted by molar-refractivity contribution is -0.139. The van der Waals surface area contributed by atoms with Gasteiger partial charge >= 0.3 is 11.8 Å². The first-order valence-corrected chi connectivity index (χ1v) is 8.07. The Hall–Kier alpha value is -2.08. The number of ether oxygens (including phenoxy) is 1. The van der Waals surface area contributed by atoms with Crippen LogP contribution >= 0.6 is 0 Å². The van der Waals surface area contributed by atoms with Crippen LogP contribution in [-0.2, 0) is 16.1 Å². The second kappa shape index (κ2) is 8.53. The molecule has 0 aliphatic carbocycles.